The Balaban J connectivity index is 1.90. The molecule has 2 N–H and O–H groups in total. The second kappa shape index (κ2) is 3.63. The smallest absolute Gasteiger partial charge is 0.278 e. The maximum Gasteiger partial charge on any atom is 0.278 e. The number of aromatic nitrogens is 6. The Labute approximate surface area is 98.7 Å². The van der Waals surface area contributed by atoms with Crippen LogP contribution in [0.3, 0.4) is 0 Å². The van der Waals surface area contributed by atoms with Gasteiger partial charge in [-0.1, -0.05) is 5.10 Å². The van der Waals surface area contributed by atoms with E-state index in [2.05, 4.69) is 30.9 Å². The van der Waals surface area contributed by atoms with Gasteiger partial charge in [-0.05, 0) is 12.1 Å². The number of hydrogen-bond acceptors (Lipinski definition) is 6. The van der Waals surface area contributed by atoms with Crippen molar-refractivity contribution in [3.05, 3.63) is 23.0 Å². The Morgan fingerprint density at radius 3 is 3.18 bits per heavy atom. The van der Waals surface area contributed by atoms with Crippen molar-refractivity contribution in [3.63, 3.8) is 0 Å². The van der Waals surface area contributed by atoms with E-state index in [1.165, 1.54) is 11.3 Å². The summed E-state index contributed by atoms with van der Waals surface area (Å²) in [6.45, 7) is 1.95. The topological polar surface area (TPSA) is 101 Å². The van der Waals surface area contributed by atoms with Crippen LogP contribution in [-0.4, -0.2) is 35.9 Å². The molecule has 0 fully saturated rings. The van der Waals surface area contributed by atoms with Gasteiger partial charge in [-0.25, -0.2) is 4.98 Å². The summed E-state index contributed by atoms with van der Waals surface area (Å²) < 4.78 is 1.86. The molecule has 9 heteroatoms. The highest BCUT2D eigenvalue weighted by Gasteiger charge is 2.14. The largest absolute Gasteiger partial charge is 0.294 e. The number of aromatic amines is 1. The maximum atomic E-state index is 11.8. The molecule has 0 aliphatic rings. The molecule has 0 atom stereocenters. The maximum absolute atomic E-state index is 11.8. The second-order valence-corrected chi connectivity index (χ2v) is 4.18. The van der Waals surface area contributed by atoms with Crippen LogP contribution >= 0.6 is 11.3 Å². The zero-order chi connectivity index (χ0) is 11.8. The first-order valence-electron chi connectivity index (χ1n) is 4.72. The first-order valence-corrected chi connectivity index (χ1v) is 5.60. The molecule has 0 aliphatic carbocycles. The summed E-state index contributed by atoms with van der Waals surface area (Å²) in [7, 11) is 0. The average molecular weight is 249 g/mol. The summed E-state index contributed by atoms with van der Waals surface area (Å²) in [5, 5.41) is 17.3. The lowest BCUT2D eigenvalue weighted by Crippen LogP contribution is -2.13. The van der Waals surface area contributed by atoms with E-state index in [1.807, 2.05) is 16.7 Å². The number of anilines is 1. The van der Waals surface area contributed by atoms with Gasteiger partial charge < -0.3 is 0 Å². The van der Waals surface area contributed by atoms with Crippen LogP contribution in [0.1, 0.15) is 16.2 Å². The molecule has 3 heterocycles. The van der Waals surface area contributed by atoms with Crippen LogP contribution in [-0.2, 0) is 0 Å². The van der Waals surface area contributed by atoms with Gasteiger partial charge in [-0.2, -0.15) is 5.21 Å². The van der Waals surface area contributed by atoms with Crippen molar-refractivity contribution in [3.8, 4) is 0 Å². The number of tetrazole rings is 1. The number of nitrogens with one attached hydrogen (secondary N) is 2. The Morgan fingerprint density at radius 1 is 1.59 bits per heavy atom. The van der Waals surface area contributed by atoms with Crippen molar-refractivity contribution in [1.29, 1.82) is 0 Å². The first kappa shape index (κ1) is 9.90. The highest BCUT2D eigenvalue weighted by atomic mass is 32.1. The number of aryl methyl sites for hydroxylation is 1. The Hall–Kier alpha value is -2.29. The van der Waals surface area contributed by atoms with Gasteiger partial charge in [0.15, 0.2) is 4.96 Å². The van der Waals surface area contributed by atoms with Crippen LogP contribution in [0.15, 0.2) is 11.6 Å². The van der Waals surface area contributed by atoms with E-state index in [-0.39, 0.29) is 11.9 Å². The third-order valence-corrected chi connectivity index (χ3v) is 3.15. The van der Waals surface area contributed by atoms with Crippen LogP contribution in [0.25, 0.3) is 4.96 Å². The fourth-order valence-corrected chi connectivity index (χ4v) is 2.23. The molecule has 0 radical (unpaired) electrons. The van der Waals surface area contributed by atoms with E-state index in [0.717, 1.165) is 10.7 Å². The molecular formula is C8H7N7OS. The van der Waals surface area contributed by atoms with Crippen molar-refractivity contribution in [1.82, 2.24) is 30.0 Å². The first-order chi connectivity index (χ1) is 8.24. The van der Waals surface area contributed by atoms with Crippen LogP contribution in [0, 0.1) is 6.92 Å². The zero-order valence-electron chi connectivity index (χ0n) is 8.71. The number of amides is 1. The molecule has 3 rings (SSSR count). The Kier molecular flexibility index (Phi) is 2.11. The van der Waals surface area contributed by atoms with Crippen molar-refractivity contribution in [2.45, 2.75) is 6.92 Å². The van der Waals surface area contributed by atoms with Gasteiger partial charge in [-0.3, -0.25) is 14.5 Å². The highest BCUT2D eigenvalue weighted by molar-refractivity contribution is 7.15. The SMILES string of the molecule is Cc1csc2nc(C(=O)Nc3nn[nH]n3)cn12. The van der Waals surface area contributed by atoms with Crippen LogP contribution < -0.4 is 5.32 Å². The molecule has 3 aromatic heterocycles. The minimum atomic E-state index is -0.360. The molecule has 8 nitrogen and oxygen atoms in total. The van der Waals surface area contributed by atoms with Crippen molar-refractivity contribution in [2.24, 2.45) is 0 Å². The number of rotatable bonds is 2. The van der Waals surface area contributed by atoms with E-state index < -0.39 is 0 Å². The molecule has 0 saturated carbocycles. The van der Waals surface area contributed by atoms with E-state index in [9.17, 15) is 4.79 Å². The van der Waals surface area contributed by atoms with Gasteiger partial charge in [0, 0.05) is 17.3 Å². The molecule has 0 saturated heterocycles. The predicted octanol–water partition coefficient (Wildman–Crippen LogP) is 0.470. The lowest BCUT2D eigenvalue weighted by molar-refractivity contribution is 0.102. The number of imidazole rings is 1. The molecule has 86 valence electrons. The van der Waals surface area contributed by atoms with E-state index in [4.69, 9.17) is 0 Å². The van der Waals surface area contributed by atoms with Gasteiger partial charge in [0.1, 0.15) is 5.69 Å². The second-order valence-electron chi connectivity index (χ2n) is 3.35. The Bertz CT molecular complexity index is 667. The number of H-pyrrole nitrogens is 1. The minimum absolute atomic E-state index is 0.128. The third-order valence-electron chi connectivity index (χ3n) is 2.19. The fraction of sp³-hybridized carbons (Fsp3) is 0.125. The number of hydrogen-bond donors (Lipinski definition) is 2. The lowest BCUT2D eigenvalue weighted by Gasteiger charge is -1.94. The third kappa shape index (κ3) is 1.65. The summed E-state index contributed by atoms with van der Waals surface area (Å²) in [4.78, 5) is 16.8. The summed E-state index contributed by atoms with van der Waals surface area (Å²) in [5.74, 6) is -0.232. The van der Waals surface area contributed by atoms with Gasteiger partial charge >= 0.3 is 0 Å². The fourth-order valence-electron chi connectivity index (χ4n) is 1.38. The summed E-state index contributed by atoms with van der Waals surface area (Å²) in [5.41, 5.74) is 1.36. The van der Waals surface area contributed by atoms with Crippen molar-refractivity contribution < 1.29 is 4.79 Å². The standard InChI is InChI=1S/C8H7N7OS/c1-4-3-17-8-9-5(2-15(4)8)6(16)10-7-11-13-14-12-7/h2-3H,1H3,(H2,10,11,12,13,14,16). The molecule has 0 aromatic carbocycles. The minimum Gasteiger partial charge on any atom is -0.294 e. The van der Waals surface area contributed by atoms with Gasteiger partial charge in [0.05, 0.1) is 0 Å². The molecule has 0 spiro atoms. The molecular weight excluding hydrogens is 242 g/mol. The molecule has 17 heavy (non-hydrogen) atoms. The summed E-state index contributed by atoms with van der Waals surface area (Å²) >= 11 is 1.48. The average Bonchev–Trinajstić information content (AvgIpc) is 2.97. The zero-order valence-corrected chi connectivity index (χ0v) is 9.52. The number of carbonyl (C=O) groups excluding carboxylic acids is 1. The number of fused-ring (bicyclic) bond motifs is 1. The highest BCUT2D eigenvalue weighted by Crippen LogP contribution is 2.16. The molecule has 0 unspecified atom stereocenters. The number of thiazole rings is 1. The van der Waals surface area contributed by atoms with Gasteiger partial charge in [-0.15, -0.1) is 16.4 Å². The van der Waals surface area contributed by atoms with Crippen molar-refractivity contribution in [2.75, 3.05) is 5.32 Å². The quantitative estimate of drug-likeness (QED) is 0.687. The predicted molar refractivity (Wildman–Crippen MR) is 59.9 cm³/mol. The molecule has 0 aliphatic heterocycles. The normalized spacial score (nSPS) is 10.9. The van der Waals surface area contributed by atoms with Crippen LogP contribution in [0.5, 0.6) is 0 Å². The molecule has 0 bridgehead atoms. The summed E-state index contributed by atoms with van der Waals surface area (Å²) in [6.07, 6.45) is 1.68. The monoisotopic (exact) mass is 249 g/mol. The number of nitrogens with zero attached hydrogens (tertiary/aromatic N) is 5. The molecule has 1 amide bonds. The molecule has 3 aromatic rings. The summed E-state index contributed by atoms with van der Waals surface area (Å²) in [6, 6.07) is 0. The lowest BCUT2D eigenvalue weighted by atomic mass is 10.4. The number of carbonyl (C=O) groups is 1. The van der Waals surface area contributed by atoms with E-state index in [1.54, 1.807) is 6.20 Å². The van der Waals surface area contributed by atoms with E-state index in [0.29, 0.717) is 5.69 Å². The van der Waals surface area contributed by atoms with Gasteiger partial charge in [0.25, 0.3) is 11.9 Å². The van der Waals surface area contributed by atoms with E-state index >= 15 is 0 Å². The van der Waals surface area contributed by atoms with Crippen molar-refractivity contribution >= 4 is 28.2 Å². The van der Waals surface area contributed by atoms with Crippen LogP contribution in [0.2, 0.25) is 0 Å². The van der Waals surface area contributed by atoms with Gasteiger partial charge in [0.2, 0.25) is 0 Å². The Morgan fingerprint density at radius 2 is 2.47 bits per heavy atom. The van der Waals surface area contributed by atoms with Crippen LogP contribution in [0.4, 0.5) is 5.95 Å².